The minimum absolute atomic E-state index is 0.0537. The maximum absolute atomic E-state index is 10.7. The summed E-state index contributed by atoms with van der Waals surface area (Å²) in [6.45, 7) is 27.5. The molecule has 12 rings (SSSR count). The van der Waals surface area contributed by atoms with E-state index in [1.165, 1.54) is 43.8 Å². The second kappa shape index (κ2) is 19.2. The Morgan fingerprint density at radius 3 is 1.18 bits per heavy atom. The number of nitriles is 1. The topological polar surface area (TPSA) is 72.3 Å². The van der Waals surface area contributed by atoms with Gasteiger partial charge in [0.25, 0.3) is 0 Å². The van der Waals surface area contributed by atoms with Gasteiger partial charge in [-0.1, -0.05) is 192 Å². The van der Waals surface area contributed by atoms with Gasteiger partial charge in [-0.05, 0) is 146 Å². The Balaban J connectivity index is 1.24. The third kappa shape index (κ3) is 9.25. The van der Waals surface area contributed by atoms with Crippen molar-refractivity contribution in [1.29, 1.82) is 5.26 Å². The molecule has 0 saturated carbocycles. The molecule has 394 valence electrons. The van der Waals surface area contributed by atoms with Crippen LogP contribution in [0.25, 0.3) is 111 Å². The first-order valence-corrected chi connectivity index (χ1v) is 28.0. The van der Waals surface area contributed by atoms with Gasteiger partial charge < -0.3 is 9.13 Å². The van der Waals surface area contributed by atoms with Crippen LogP contribution in [0.4, 0.5) is 0 Å². The van der Waals surface area contributed by atoms with Crippen molar-refractivity contribution in [3.63, 3.8) is 0 Å². The van der Waals surface area contributed by atoms with Gasteiger partial charge in [0, 0.05) is 49.5 Å². The average molecular weight is 1040 g/mol. The Morgan fingerprint density at radius 1 is 0.325 bits per heavy atom. The van der Waals surface area contributed by atoms with Gasteiger partial charge in [0.05, 0.1) is 39.4 Å². The SMILES string of the molecule is CC(C)(C)c1ccc2c(c1)c1cc(C(C)(C)C)ccc1n2-c1ccc(-c2nc(-c3ccccc3)nc(-c3ccccc3)n2)c(-c2cc(-c3ccccc3C#N)ccc2-n2c3ccc(C(C)(C)C)cc3c3cc(C(C)(C)C)ccc32)c1. The maximum atomic E-state index is 10.7. The lowest BCUT2D eigenvalue weighted by molar-refractivity contribution is 0.590. The number of aromatic nitrogens is 5. The van der Waals surface area contributed by atoms with Crippen LogP contribution in [0.1, 0.15) is 111 Å². The molecule has 3 aromatic heterocycles. The van der Waals surface area contributed by atoms with Gasteiger partial charge in [-0.25, -0.2) is 15.0 Å². The Bertz CT molecular complexity index is 4240. The Kier molecular flexibility index (Phi) is 12.4. The number of fused-ring (bicyclic) bond motifs is 6. The summed E-state index contributed by atoms with van der Waals surface area (Å²) in [6.07, 6.45) is 0. The number of rotatable bonds is 7. The molecule has 0 spiro atoms. The maximum Gasteiger partial charge on any atom is 0.164 e. The van der Waals surface area contributed by atoms with Crippen molar-refractivity contribution < 1.29 is 0 Å². The molecule has 12 aromatic rings. The molecule has 0 aliphatic heterocycles. The molecule has 0 aliphatic carbocycles. The first-order chi connectivity index (χ1) is 38.1. The minimum atomic E-state index is -0.0717. The van der Waals surface area contributed by atoms with Crippen molar-refractivity contribution in [2.45, 2.75) is 105 Å². The molecule has 0 radical (unpaired) electrons. The van der Waals surface area contributed by atoms with Crippen molar-refractivity contribution in [2.24, 2.45) is 0 Å². The van der Waals surface area contributed by atoms with Crippen molar-refractivity contribution in [2.75, 3.05) is 0 Å². The number of hydrogen-bond donors (Lipinski definition) is 0. The van der Waals surface area contributed by atoms with Crippen molar-refractivity contribution >= 4 is 43.6 Å². The lowest BCUT2D eigenvalue weighted by Gasteiger charge is -2.21. The van der Waals surface area contributed by atoms with Crippen LogP contribution in [0.3, 0.4) is 0 Å². The van der Waals surface area contributed by atoms with E-state index in [1.807, 2.05) is 54.6 Å². The smallest absolute Gasteiger partial charge is 0.164 e. The third-order valence-corrected chi connectivity index (χ3v) is 16.1. The number of hydrogen-bond acceptors (Lipinski definition) is 4. The second-order valence-corrected chi connectivity index (χ2v) is 25.8. The Hall–Kier alpha value is -8.92. The first kappa shape index (κ1) is 51.8. The molecule has 0 amide bonds. The van der Waals surface area contributed by atoms with Gasteiger partial charge in [0.15, 0.2) is 17.5 Å². The van der Waals surface area contributed by atoms with Crippen LogP contribution in [0.15, 0.2) is 194 Å². The van der Waals surface area contributed by atoms with Gasteiger partial charge in [-0.15, -0.1) is 0 Å². The standard InChI is InChI=1S/C74H68N6/c1-71(2,3)50-28-35-63-59(40-50)60-41-51(72(4,5)6)29-36-64(60)79(63)54-32-33-56(70-77-68(46-21-15-13-16-22-46)76-69(78-70)47-23-17-14-18-24-47)57(44-54)58-39-48(55-26-20-19-25-49(55)45-75)27-34-65(58)80-66-37-30-52(73(7,8)9)42-61(66)62-43-53(74(10,11)12)31-38-67(62)80/h13-44H,1-12H3. The minimum Gasteiger partial charge on any atom is -0.309 e. The largest absolute Gasteiger partial charge is 0.309 e. The molecule has 6 nitrogen and oxygen atoms in total. The third-order valence-electron chi connectivity index (χ3n) is 16.1. The monoisotopic (exact) mass is 1040 g/mol. The van der Waals surface area contributed by atoms with E-state index < -0.39 is 0 Å². The van der Waals surface area contributed by atoms with Crippen LogP contribution in [-0.2, 0) is 21.7 Å². The van der Waals surface area contributed by atoms with Crippen LogP contribution >= 0.6 is 0 Å². The molecule has 0 atom stereocenters. The fourth-order valence-electron chi connectivity index (χ4n) is 11.4. The normalized spacial score (nSPS) is 12.5. The quantitative estimate of drug-likeness (QED) is 0.159. The highest BCUT2D eigenvalue weighted by atomic mass is 15.0. The molecule has 0 fully saturated rings. The lowest BCUT2D eigenvalue weighted by Crippen LogP contribution is -2.10. The summed E-state index contributed by atoms with van der Waals surface area (Å²) in [5.74, 6) is 1.71. The van der Waals surface area contributed by atoms with Gasteiger partial charge in [-0.3, -0.25) is 0 Å². The fourth-order valence-corrected chi connectivity index (χ4v) is 11.4. The predicted molar refractivity (Wildman–Crippen MR) is 335 cm³/mol. The van der Waals surface area contributed by atoms with Crippen LogP contribution in [0.2, 0.25) is 0 Å². The summed E-state index contributed by atoms with van der Waals surface area (Å²) >= 11 is 0. The molecule has 9 aromatic carbocycles. The molecule has 0 bridgehead atoms. The number of nitrogens with zero attached hydrogens (tertiary/aromatic N) is 6. The van der Waals surface area contributed by atoms with Gasteiger partial charge in [0.1, 0.15) is 0 Å². The van der Waals surface area contributed by atoms with Crippen LogP contribution in [0, 0.1) is 11.3 Å². The fraction of sp³-hybridized carbons (Fsp3) is 0.216. The van der Waals surface area contributed by atoms with E-state index in [1.54, 1.807) is 0 Å². The van der Waals surface area contributed by atoms with Gasteiger partial charge in [0.2, 0.25) is 0 Å². The molecule has 0 aliphatic rings. The molecule has 0 unspecified atom stereocenters. The summed E-state index contributed by atoms with van der Waals surface area (Å²) in [7, 11) is 0. The highest BCUT2D eigenvalue weighted by Gasteiger charge is 2.27. The van der Waals surface area contributed by atoms with Crippen molar-refractivity contribution in [1.82, 2.24) is 24.1 Å². The first-order valence-electron chi connectivity index (χ1n) is 28.0. The Labute approximate surface area is 471 Å². The lowest BCUT2D eigenvalue weighted by atomic mass is 9.85. The van der Waals surface area contributed by atoms with Gasteiger partial charge in [-0.2, -0.15) is 5.26 Å². The van der Waals surface area contributed by atoms with Crippen molar-refractivity contribution in [3.8, 4) is 73.9 Å². The summed E-state index contributed by atoms with van der Waals surface area (Å²) in [5.41, 5.74) is 18.2. The molecule has 6 heteroatoms. The molecule has 3 heterocycles. The van der Waals surface area contributed by atoms with E-state index in [2.05, 4.69) is 238 Å². The summed E-state index contributed by atoms with van der Waals surface area (Å²) in [5, 5.41) is 15.5. The van der Waals surface area contributed by atoms with E-state index in [0.29, 0.717) is 23.0 Å². The predicted octanol–water partition coefficient (Wildman–Crippen LogP) is 19.5. The van der Waals surface area contributed by atoms with Crippen LogP contribution in [-0.4, -0.2) is 24.1 Å². The zero-order valence-corrected chi connectivity index (χ0v) is 48.2. The summed E-state index contributed by atoms with van der Waals surface area (Å²) in [4.78, 5) is 16.0. The van der Waals surface area contributed by atoms with E-state index in [0.717, 1.165) is 72.4 Å². The number of benzene rings is 9. The molecule has 0 N–H and O–H groups in total. The molecule has 80 heavy (non-hydrogen) atoms. The average Bonchev–Trinajstić information content (AvgIpc) is 3.47. The molecular weight excluding hydrogens is 973 g/mol. The Morgan fingerprint density at radius 2 is 0.738 bits per heavy atom. The zero-order valence-electron chi connectivity index (χ0n) is 48.2. The van der Waals surface area contributed by atoms with E-state index in [4.69, 9.17) is 15.0 Å². The highest BCUT2D eigenvalue weighted by Crippen LogP contribution is 2.46. The van der Waals surface area contributed by atoms with E-state index in [-0.39, 0.29) is 21.7 Å². The highest BCUT2D eigenvalue weighted by molar-refractivity contribution is 6.12. The van der Waals surface area contributed by atoms with E-state index >= 15 is 0 Å². The van der Waals surface area contributed by atoms with Crippen molar-refractivity contribution in [3.05, 3.63) is 222 Å². The summed E-state index contributed by atoms with van der Waals surface area (Å²) in [6, 6.07) is 72.4. The summed E-state index contributed by atoms with van der Waals surface area (Å²) < 4.78 is 4.89. The molecule has 0 saturated heterocycles. The molecular formula is C74H68N6. The van der Waals surface area contributed by atoms with Crippen LogP contribution < -0.4 is 0 Å². The second-order valence-electron chi connectivity index (χ2n) is 25.8. The van der Waals surface area contributed by atoms with Crippen LogP contribution in [0.5, 0.6) is 0 Å². The van der Waals surface area contributed by atoms with Gasteiger partial charge >= 0.3 is 0 Å². The zero-order chi connectivity index (χ0) is 56.0. The van der Waals surface area contributed by atoms with E-state index in [9.17, 15) is 5.26 Å².